The van der Waals surface area contributed by atoms with E-state index in [-0.39, 0.29) is 22.3 Å². The van der Waals surface area contributed by atoms with Crippen LogP contribution >= 0.6 is 0 Å². The van der Waals surface area contributed by atoms with E-state index >= 15 is 0 Å². The van der Waals surface area contributed by atoms with E-state index in [1.54, 1.807) is 0 Å². The molecule has 0 amide bonds. The molecule has 0 heterocycles. The van der Waals surface area contributed by atoms with Crippen molar-refractivity contribution in [3.05, 3.63) is 63.7 Å². The Kier molecular flexibility index (Phi) is 4.67. The van der Waals surface area contributed by atoms with Gasteiger partial charge in [0.1, 0.15) is 5.69 Å². The van der Waals surface area contributed by atoms with Gasteiger partial charge in [0, 0.05) is 12.1 Å². The number of benzene rings is 2. The molecule has 0 aromatic heterocycles. The Hall–Kier alpha value is -2.45. The van der Waals surface area contributed by atoms with Crippen LogP contribution < -0.4 is 10.5 Å². The van der Waals surface area contributed by atoms with Gasteiger partial charge in [-0.05, 0) is 37.1 Å². The van der Waals surface area contributed by atoms with E-state index in [1.165, 1.54) is 12.1 Å². The normalized spacial score (nSPS) is 12.7. The second kappa shape index (κ2) is 6.35. The quantitative estimate of drug-likeness (QED) is 0.644. The molecule has 0 radical (unpaired) electrons. The zero-order valence-corrected chi connectivity index (χ0v) is 13.5. The number of rotatable bonds is 5. The van der Waals surface area contributed by atoms with Crippen molar-refractivity contribution in [1.29, 1.82) is 0 Å². The van der Waals surface area contributed by atoms with Crippen LogP contribution in [0.5, 0.6) is 0 Å². The molecule has 0 unspecified atom stereocenters. The number of primary sulfonamides is 1. The molecule has 0 aliphatic carbocycles. The summed E-state index contributed by atoms with van der Waals surface area (Å²) in [6.45, 7) is 3.83. The number of nitrogens with one attached hydrogen (secondary N) is 1. The Bertz CT molecular complexity index is 850. The molecule has 0 fully saturated rings. The fourth-order valence-corrected chi connectivity index (χ4v) is 2.88. The lowest BCUT2D eigenvalue weighted by atomic mass is 10.0. The number of nitrogens with zero attached hydrogens (tertiary/aromatic N) is 1. The standard InChI is InChI=1S/C15H17N3O4S/c1-10-5-3-4-6-13(10)11(2)17-14-8-7-12(23(16,21)22)9-15(14)18(19)20/h3-9,11,17H,1-2H3,(H2,16,21,22)/t11-/m0/s1. The molecular formula is C15H17N3O4S. The monoisotopic (exact) mass is 335 g/mol. The van der Waals surface area contributed by atoms with Gasteiger partial charge >= 0.3 is 0 Å². The maximum atomic E-state index is 11.3. The Morgan fingerprint density at radius 1 is 1.22 bits per heavy atom. The average Bonchev–Trinajstić information content (AvgIpc) is 2.46. The average molecular weight is 335 g/mol. The van der Waals surface area contributed by atoms with Crippen LogP contribution in [-0.4, -0.2) is 13.3 Å². The summed E-state index contributed by atoms with van der Waals surface area (Å²) < 4.78 is 22.7. The van der Waals surface area contributed by atoms with E-state index in [0.717, 1.165) is 17.2 Å². The fourth-order valence-electron chi connectivity index (χ4n) is 2.35. The minimum atomic E-state index is -4.00. The van der Waals surface area contributed by atoms with Gasteiger partial charge in [-0.1, -0.05) is 24.3 Å². The summed E-state index contributed by atoms with van der Waals surface area (Å²) in [7, 11) is -4.00. The van der Waals surface area contributed by atoms with Crippen LogP contribution in [0, 0.1) is 17.0 Å². The molecule has 1 atom stereocenters. The highest BCUT2D eigenvalue weighted by atomic mass is 32.2. The molecule has 2 aromatic carbocycles. The molecule has 0 aliphatic heterocycles. The van der Waals surface area contributed by atoms with Crippen molar-refractivity contribution in [2.75, 3.05) is 5.32 Å². The molecule has 0 bridgehead atoms. The number of aryl methyl sites for hydroxylation is 1. The fraction of sp³-hybridized carbons (Fsp3) is 0.200. The molecular weight excluding hydrogens is 318 g/mol. The summed E-state index contributed by atoms with van der Waals surface area (Å²) in [6, 6.07) is 11.1. The van der Waals surface area contributed by atoms with Crippen molar-refractivity contribution in [3.63, 3.8) is 0 Å². The Morgan fingerprint density at radius 3 is 2.43 bits per heavy atom. The van der Waals surface area contributed by atoms with Gasteiger partial charge in [0.15, 0.2) is 0 Å². The Labute approximate surface area is 134 Å². The molecule has 2 aromatic rings. The lowest BCUT2D eigenvalue weighted by molar-refractivity contribution is -0.384. The van der Waals surface area contributed by atoms with Crippen LogP contribution in [0.4, 0.5) is 11.4 Å². The van der Waals surface area contributed by atoms with E-state index in [9.17, 15) is 18.5 Å². The molecule has 7 nitrogen and oxygen atoms in total. The largest absolute Gasteiger partial charge is 0.373 e. The third kappa shape index (κ3) is 3.85. The maximum Gasteiger partial charge on any atom is 0.293 e. The minimum absolute atomic E-state index is 0.185. The molecule has 0 saturated carbocycles. The van der Waals surface area contributed by atoms with E-state index in [4.69, 9.17) is 5.14 Å². The van der Waals surface area contributed by atoms with Crippen molar-refractivity contribution >= 4 is 21.4 Å². The van der Waals surface area contributed by atoms with Crippen LogP contribution in [-0.2, 0) is 10.0 Å². The van der Waals surface area contributed by atoms with Crippen molar-refractivity contribution in [1.82, 2.24) is 0 Å². The molecule has 3 N–H and O–H groups in total. The molecule has 0 aliphatic rings. The predicted molar refractivity (Wildman–Crippen MR) is 87.7 cm³/mol. The second-order valence-corrected chi connectivity index (χ2v) is 6.77. The van der Waals surface area contributed by atoms with Gasteiger partial charge in [-0.3, -0.25) is 10.1 Å². The number of nitro benzene ring substituents is 1. The topological polar surface area (TPSA) is 115 Å². The van der Waals surface area contributed by atoms with Gasteiger partial charge in [-0.25, -0.2) is 13.6 Å². The molecule has 23 heavy (non-hydrogen) atoms. The van der Waals surface area contributed by atoms with Crippen LogP contribution in [0.3, 0.4) is 0 Å². The first-order valence-electron chi connectivity index (χ1n) is 6.83. The number of anilines is 1. The smallest absolute Gasteiger partial charge is 0.293 e. The maximum absolute atomic E-state index is 11.3. The van der Waals surface area contributed by atoms with Gasteiger partial charge in [-0.15, -0.1) is 0 Å². The zero-order valence-electron chi connectivity index (χ0n) is 12.7. The van der Waals surface area contributed by atoms with E-state index in [0.29, 0.717) is 0 Å². The predicted octanol–water partition coefficient (Wildman–Crippen LogP) is 2.72. The highest BCUT2D eigenvalue weighted by Crippen LogP contribution is 2.31. The number of hydrogen-bond acceptors (Lipinski definition) is 5. The summed E-state index contributed by atoms with van der Waals surface area (Å²) >= 11 is 0. The van der Waals surface area contributed by atoms with Gasteiger partial charge in [0.05, 0.1) is 9.82 Å². The highest BCUT2D eigenvalue weighted by Gasteiger charge is 2.20. The molecule has 0 spiro atoms. The lowest BCUT2D eigenvalue weighted by Crippen LogP contribution is -2.14. The number of nitro groups is 1. The number of nitrogens with two attached hydrogens (primary N) is 1. The SMILES string of the molecule is Cc1ccccc1[C@H](C)Nc1ccc(S(N)(=O)=O)cc1[N+](=O)[O-]. The first-order chi connectivity index (χ1) is 10.7. The Balaban J connectivity index is 2.40. The van der Waals surface area contributed by atoms with Crippen molar-refractivity contribution in [2.24, 2.45) is 5.14 Å². The molecule has 0 saturated heterocycles. The van der Waals surface area contributed by atoms with Gasteiger partial charge in [-0.2, -0.15) is 0 Å². The second-order valence-electron chi connectivity index (χ2n) is 5.20. The first kappa shape index (κ1) is 16.9. The Morgan fingerprint density at radius 2 is 1.87 bits per heavy atom. The zero-order chi connectivity index (χ0) is 17.2. The van der Waals surface area contributed by atoms with Crippen LogP contribution in [0.2, 0.25) is 0 Å². The summed E-state index contributed by atoms with van der Waals surface area (Å²) in [5.41, 5.74) is 1.95. The summed E-state index contributed by atoms with van der Waals surface area (Å²) in [5, 5.41) is 19.3. The third-order valence-corrected chi connectivity index (χ3v) is 4.43. The van der Waals surface area contributed by atoms with E-state index < -0.39 is 14.9 Å². The van der Waals surface area contributed by atoms with Gasteiger partial charge < -0.3 is 5.32 Å². The lowest BCUT2D eigenvalue weighted by Gasteiger charge is -2.18. The van der Waals surface area contributed by atoms with E-state index in [2.05, 4.69) is 5.32 Å². The van der Waals surface area contributed by atoms with Crippen LogP contribution in [0.25, 0.3) is 0 Å². The van der Waals surface area contributed by atoms with Crippen molar-refractivity contribution in [3.8, 4) is 0 Å². The first-order valence-corrected chi connectivity index (χ1v) is 8.38. The number of sulfonamides is 1. The number of hydrogen-bond donors (Lipinski definition) is 2. The van der Waals surface area contributed by atoms with E-state index in [1.807, 2.05) is 38.1 Å². The van der Waals surface area contributed by atoms with Gasteiger partial charge in [0.2, 0.25) is 10.0 Å². The summed E-state index contributed by atoms with van der Waals surface area (Å²) in [6.07, 6.45) is 0. The molecule has 2 rings (SSSR count). The molecule has 122 valence electrons. The minimum Gasteiger partial charge on any atom is -0.373 e. The van der Waals surface area contributed by atoms with Gasteiger partial charge in [0.25, 0.3) is 5.69 Å². The van der Waals surface area contributed by atoms with Crippen molar-refractivity contribution in [2.45, 2.75) is 24.8 Å². The summed E-state index contributed by atoms with van der Waals surface area (Å²) in [4.78, 5) is 10.3. The van der Waals surface area contributed by atoms with Crippen LogP contribution in [0.1, 0.15) is 24.1 Å². The summed E-state index contributed by atoms with van der Waals surface area (Å²) in [5.74, 6) is 0. The van der Waals surface area contributed by atoms with Crippen LogP contribution in [0.15, 0.2) is 47.4 Å². The van der Waals surface area contributed by atoms with Crippen molar-refractivity contribution < 1.29 is 13.3 Å². The third-order valence-electron chi connectivity index (χ3n) is 3.52. The molecule has 8 heteroatoms. The highest BCUT2D eigenvalue weighted by molar-refractivity contribution is 7.89.